The smallest absolute Gasteiger partial charge is 0.328 e. The predicted molar refractivity (Wildman–Crippen MR) is 125 cm³/mol. The van der Waals surface area contributed by atoms with E-state index in [2.05, 4.69) is 9.71 Å². The molecule has 9 heteroatoms. The molecular weight excluding hydrogens is 442 g/mol. The van der Waals surface area contributed by atoms with Crippen molar-refractivity contribution < 1.29 is 23.1 Å². The van der Waals surface area contributed by atoms with Crippen LogP contribution in [-0.2, 0) is 27.8 Å². The van der Waals surface area contributed by atoms with Gasteiger partial charge in [0.15, 0.2) is 6.04 Å². The predicted octanol–water partition coefficient (Wildman–Crippen LogP) is 2.86. The van der Waals surface area contributed by atoms with Gasteiger partial charge in [0.2, 0.25) is 5.96 Å². The minimum Gasteiger partial charge on any atom is -0.489 e. The number of carboxylic acid groups (broad SMARTS) is 1. The maximum atomic E-state index is 12.4. The molecule has 172 valence electrons. The summed E-state index contributed by atoms with van der Waals surface area (Å²) in [6.45, 7) is 2.25. The molecule has 0 saturated heterocycles. The molecule has 3 rings (SSSR count). The molecule has 0 aliphatic rings. The van der Waals surface area contributed by atoms with Crippen LogP contribution in [0.25, 0.3) is 0 Å². The Bertz CT molecular complexity index is 1210. The fourth-order valence-electron chi connectivity index (χ4n) is 2.98. The van der Waals surface area contributed by atoms with Crippen molar-refractivity contribution in [1.82, 2.24) is 4.72 Å². The van der Waals surface area contributed by atoms with Crippen LogP contribution in [0.5, 0.6) is 5.75 Å². The van der Waals surface area contributed by atoms with Crippen molar-refractivity contribution >= 4 is 22.0 Å². The van der Waals surface area contributed by atoms with Gasteiger partial charge in [0.05, 0.1) is 4.90 Å². The lowest BCUT2D eigenvalue weighted by molar-refractivity contribution is -0.138. The zero-order chi connectivity index (χ0) is 23.8. The van der Waals surface area contributed by atoms with E-state index in [0.29, 0.717) is 17.9 Å². The number of nitrogens with one attached hydrogen (secondary N) is 1. The molecule has 0 aliphatic carbocycles. The van der Waals surface area contributed by atoms with Gasteiger partial charge in [-0.1, -0.05) is 60.2 Å². The topological polar surface area (TPSA) is 131 Å². The SMILES string of the molecule is Cc1ccc(S(=O)(=O)NC(N)=N[C@@H](Cc2ccc(OCc3ccccc3)cc2)C(=O)O)cc1. The number of sulfonamides is 1. The quantitative estimate of drug-likeness (QED) is 0.328. The zero-order valence-corrected chi connectivity index (χ0v) is 18.8. The number of ether oxygens (including phenoxy) is 1. The second kappa shape index (κ2) is 10.6. The summed E-state index contributed by atoms with van der Waals surface area (Å²) < 4.78 is 32.7. The normalized spacial score (nSPS) is 12.7. The number of aliphatic imine (C=N–C) groups is 1. The molecule has 33 heavy (non-hydrogen) atoms. The molecule has 0 fully saturated rings. The number of aliphatic carboxylic acids is 1. The van der Waals surface area contributed by atoms with Crippen LogP contribution in [0.1, 0.15) is 16.7 Å². The van der Waals surface area contributed by atoms with Gasteiger partial charge in [0, 0.05) is 6.42 Å². The Hall–Kier alpha value is -3.85. The maximum Gasteiger partial charge on any atom is 0.328 e. The van der Waals surface area contributed by atoms with E-state index in [1.54, 1.807) is 36.4 Å². The molecule has 0 spiro atoms. The molecule has 0 unspecified atom stereocenters. The highest BCUT2D eigenvalue weighted by atomic mass is 32.2. The largest absolute Gasteiger partial charge is 0.489 e. The number of nitrogens with two attached hydrogens (primary N) is 1. The molecular formula is C24H25N3O5S. The third kappa shape index (κ3) is 7.08. The van der Waals surface area contributed by atoms with E-state index in [9.17, 15) is 18.3 Å². The van der Waals surface area contributed by atoms with Gasteiger partial charge in [-0.05, 0) is 42.3 Å². The fourth-order valence-corrected chi connectivity index (χ4v) is 3.92. The van der Waals surface area contributed by atoms with Gasteiger partial charge in [-0.2, -0.15) is 0 Å². The Kier molecular flexibility index (Phi) is 7.68. The van der Waals surface area contributed by atoms with E-state index in [1.165, 1.54) is 12.1 Å². The third-order valence-corrected chi connectivity index (χ3v) is 6.12. The molecule has 0 saturated carbocycles. The average molecular weight is 468 g/mol. The summed E-state index contributed by atoms with van der Waals surface area (Å²) in [5.41, 5.74) is 8.34. The van der Waals surface area contributed by atoms with Gasteiger partial charge in [-0.3, -0.25) is 0 Å². The number of aryl methyl sites for hydroxylation is 1. The van der Waals surface area contributed by atoms with E-state index in [0.717, 1.165) is 11.1 Å². The van der Waals surface area contributed by atoms with E-state index in [-0.39, 0.29) is 11.3 Å². The second-order valence-corrected chi connectivity index (χ2v) is 9.09. The van der Waals surface area contributed by atoms with Gasteiger partial charge in [-0.15, -0.1) is 0 Å². The van der Waals surface area contributed by atoms with Crippen molar-refractivity contribution in [2.24, 2.45) is 10.7 Å². The highest BCUT2D eigenvalue weighted by Crippen LogP contribution is 2.16. The van der Waals surface area contributed by atoms with Crippen molar-refractivity contribution in [3.05, 3.63) is 95.6 Å². The van der Waals surface area contributed by atoms with Gasteiger partial charge >= 0.3 is 5.97 Å². The van der Waals surface area contributed by atoms with Crippen LogP contribution in [0.3, 0.4) is 0 Å². The highest BCUT2D eigenvalue weighted by Gasteiger charge is 2.20. The highest BCUT2D eigenvalue weighted by molar-refractivity contribution is 7.90. The number of guanidine groups is 1. The third-order valence-electron chi connectivity index (χ3n) is 4.75. The summed E-state index contributed by atoms with van der Waals surface area (Å²) in [5, 5.41) is 9.53. The average Bonchev–Trinajstić information content (AvgIpc) is 2.78. The summed E-state index contributed by atoms with van der Waals surface area (Å²) >= 11 is 0. The maximum absolute atomic E-state index is 12.4. The van der Waals surface area contributed by atoms with Crippen LogP contribution in [0.4, 0.5) is 0 Å². The number of hydrogen-bond acceptors (Lipinski definition) is 5. The molecule has 0 amide bonds. The monoisotopic (exact) mass is 467 g/mol. The Morgan fingerprint density at radius 2 is 1.64 bits per heavy atom. The minimum absolute atomic E-state index is 0.00390. The summed E-state index contributed by atoms with van der Waals surface area (Å²) in [6.07, 6.45) is 0.0290. The van der Waals surface area contributed by atoms with E-state index < -0.39 is 28.0 Å². The van der Waals surface area contributed by atoms with Gasteiger partial charge < -0.3 is 15.6 Å². The molecule has 0 aromatic heterocycles. The van der Waals surface area contributed by atoms with Gasteiger partial charge in [-0.25, -0.2) is 22.9 Å². The number of carbonyl (C=O) groups is 1. The van der Waals surface area contributed by atoms with Crippen LogP contribution in [0, 0.1) is 6.92 Å². The van der Waals surface area contributed by atoms with Crippen LogP contribution in [-0.4, -0.2) is 31.5 Å². The minimum atomic E-state index is -3.97. The molecule has 0 heterocycles. The van der Waals surface area contributed by atoms with E-state index in [4.69, 9.17) is 10.5 Å². The molecule has 3 aromatic rings. The number of rotatable bonds is 9. The zero-order valence-electron chi connectivity index (χ0n) is 18.0. The number of nitrogens with zero attached hydrogens (tertiary/aromatic N) is 1. The van der Waals surface area contributed by atoms with Crippen LogP contribution in [0.15, 0.2) is 88.8 Å². The molecule has 8 nitrogen and oxygen atoms in total. The van der Waals surface area contributed by atoms with Crippen molar-refractivity contribution in [2.75, 3.05) is 0 Å². The first-order chi connectivity index (χ1) is 15.7. The molecule has 0 bridgehead atoms. The molecule has 0 aliphatic heterocycles. The Morgan fingerprint density at radius 3 is 2.24 bits per heavy atom. The number of benzene rings is 3. The summed E-state index contributed by atoms with van der Waals surface area (Å²) in [6, 6.07) is 21.6. The van der Waals surface area contributed by atoms with Crippen molar-refractivity contribution in [1.29, 1.82) is 0 Å². The molecule has 4 N–H and O–H groups in total. The lowest BCUT2D eigenvalue weighted by atomic mass is 10.1. The first-order valence-electron chi connectivity index (χ1n) is 10.1. The molecule has 3 aromatic carbocycles. The summed E-state index contributed by atoms with van der Waals surface area (Å²) in [4.78, 5) is 15.5. The van der Waals surface area contributed by atoms with Crippen molar-refractivity contribution in [2.45, 2.75) is 30.9 Å². The van der Waals surface area contributed by atoms with Crippen LogP contribution in [0.2, 0.25) is 0 Å². The van der Waals surface area contributed by atoms with Crippen molar-refractivity contribution in [3.63, 3.8) is 0 Å². The van der Waals surface area contributed by atoms with Gasteiger partial charge in [0.1, 0.15) is 12.4 Å². The molecule has 0 radical (unpaired) electrons. The van der Waals surface area contributed by atoms with Crippen LogP contribution >= 0.6 is 0 Å². The van der Waals surface area contributed by atoms with Gasteiger partial charge in [0.25, 0.3) is 10.0 Å². The molecule has 1 atom stereocenters. The first-order valence-corrected chi connectivity index (χ1v) is 11.6. The summed E-state index contributed by atoms with van der Waals surface area (Å²) in [5.74, 6) is -1.08. The first kappa shape index (κ1) is 23.8. The lowest BCUT2D eigenvalue weighted by Crippen LogP contribution is -2.39. The summed E-state index contributed by atoms with van der Waals surface area (Å²) in [7, 11) is -3.97. The number of hydrogen-bond donors (Lipinski definition) is 3. The Morgan fingerprint density at radius 1 is 1.00 bits per heavy atom. The van der Waals surface area contributed by atoms with E-state index >= 15 is 0 Å². The standard InChI is InChI=1S/C24H25N3O5S/c1-17-7-13-21(14-8-17)33(30,31)27-24(25)26-22(23(28)29)15-18-9-11-20(12-10-18)32-16-19-5-3-2-4-6-19/h2-14,22H,15-16H2,1H3,(H,28,29)(H3,25,26,27)/t22-/m0/s1. The van der Waals surface area contributed by atoms with Crippen LogP contribution < -0.4 is 15.2 Å². The second-order valence-electron chi connectivity index (χ2n) is 7.41. The van der Waals surface area contributed by atoms with Crippen molar-refractivity contribution in [3.8, 4) is 5.75 Å². The Labute approximate surface area is 192 Å². The Balaban J connectivity index is 1.64. The fraction of sp³-hybridized carbons (Fsp3) is 0.167. The number of carboxylic acids is 1. The lowest BCUT2D eigenvalue weighted by Gasteiger charge is -2.12. The van der Waals surface area contributed by atoms with E-state index in [1.807, 2.05) is 37.3 Å².